The zero-order valence-corrected chi connectivity index (χ0v) is 73.4. The van der Waals surface area contributed by atoms with Gasteiger partial charge in [-0.05, 0) is 97.1 Å². The number of rotatable bonds is 0. The SMILES string of the molecule is O=C1c2ccccc2C(=O)c2c(O)ccc(O)c21.O=C1c2ccccc2C(=O)c2c(O)ccc(O)c21.O=C1c2ccccc2C(=O)c2c(O)ccc(O)c21.O=C1c2ccccc2C(=O)c2c(O)ccc(O)c21.O=C1c2ccccc2C(=O)c2c(O)ccc(O)c21.O=C1c2ccccc2C(=O)c2c(O)ccc(O)c21.O=C1c2ccccc2C(=O)c2c(O)ccc(O)c21.O=C1c2ccccc2C(=O)c2c(O)ccc(O)c21. The molecular weight excluding hydrogens is 1860 g/mol. The van der Waals surface area contributed by atoms with Crippen LogP contribution in [0.5, 0.6) is 92.0 Å². The largest absolute Gasteiger partial charge is 0.507 e. The Morgan fingerprint density at radius 2 is 0.132 bits per heavy atom. The summed E-state index contributed by atoms with van der Waals surface area (Å²) < 4.78 is 0. The number of ketones is 16. The third kappa shape index (κ3) is 15.9. The number of hydrogen-bond donors (Lipinski definition) is 16. The van der Waals surface area contributed by atoms with E-state index in [0.717, 1.165) is 0 Å². The highest BCUT2D eigenvalue weighted by Crippen LogP contribution is 2.47. The molecule has 0 heterocycles. The summed E-state index contributed by atoms with van der Waals surface area (Å²) in [6.07, 6.45) is 0. The molecule has 16 aromatic carbocycles. The Labute approximate surface area is 807 Å². The first kappa shape index (κ1) is 94.8. The average molecular weight is 1920 g/mol. The van der Waals surface area contributed by atoms with Gasteiger partial charge in [0.2, 0.25) is 0 Å². The van der Waals surface area contributed by atoms with E-state index >= 15 is 0 Å². The van der Waals surface area contributed by atoms with Crippen molar-refractivity contribution < 1.29 is 158 Å². The third-order valence-corrected chi connectivity index (χ3v) is 24.3. The Morgan fingerprint density at radius 3 is 0.181 bits per heavy atom. The van der Waals surface area contributed by atoms with Gasteiger partial charge in [-0.1, -0.05) is 194 Å². The van der Waals surface area contributed by atoms with Gasteiger partial charge in [0.1, 0.15) is 92.0 Å². The molecule has 0 fully saturated rings. The molecule has 24 rings (SSSR count). The van der Waals surface area contributed by atoms with Gasteiger partial charge in [-0.25, -0.2) is 0 Å². The molecule has 16 aromatic rings. The first-order chi connectivity index (χ1) is 68.9. The average Bonchev–Trinajstić information content (AvgIpc) is 0.787. The van der Waals surface area contributed by atoms with E-state index in [-0.39, 0.29) is 270 Å². The van der Waals surface area contributed by atoms with Crippen molar-refractivity contribution >= 4 is 92.5 Å². The van der Waals surface area contributed by atoms with Crippen molar-refractivity contribution in [2.24, 2.45) is 0 Å². The lowest BCUT2D eigenvalue weighted by molar-refractivity contribution is 0.0974. The van der Waals surface area contributed by atoms with Crippen molar-refractivity contribution in [1.82, 2.24) is 0 Å². The molecule has 0 saturated carbocycles. The van der Waals surface area contributed by atoms with Crippen molar-refractivity contribution in [3.05, 3.63) is 469 Å². The van der Waals surface area contributed by atoms with Crippen LogP contribution in [0.2, 0.25) is 0 Å². The topological polar surface area (TPSA) is 597 Å². The lowest BCUT2D eigenvalue weighted by Gasteiger charge is -2.18. The van der Waals surface area contributed by atoms with Gasteiger partial charge in [0.25, 0.3) is 0 Å². The van der Waals surface area contributed by atoms with Crippen LogP contribution in [0.4, 0.5) is 0 Å². The van der Waals surface area contributed by atoms with E-state index in [0.29, 0.717) is 0 Å². The number of phenols is 16. The van der Waals surface area contributed by atoms with Gasteiger partial charge in [0.05, 0.1) is 89.0 Å². The van der Waals surface area contributed by atoms with Crippen molar-refractivity contribution in [3.63, 3.8) is 0 Å². The van der Waals surface area contributed by atoms with Crippen LogP contribution in [-0.4, -0.2) is 174 Å². The van der Waals surface area contributed by atoms with Crippen LogP contribution in [0.3, 0.4) is 0 Å². The van der Waals surface area contributed by atoms with E-state index in [1.165, 1.54) is 194 Å². The van der Waals surface area contributed by atoms with Gasteiger partial charge in [0.15, 0.2) is 92.5 Å². The number of carbonyl (C=O) groups excluding carboxylic acids is 16. The zero-order chi connectivity index (χ0) is 103. The summed E-state index contributed by atoms with van der Waals surface area (Å²) >= 11 is 0. The second kappa shape index (κ2) is 37.3. The number of phenolic OH excluding ortho intramolecular Hbond substituents is 16. The van der Waals surface area contributed by atoms with E-state index in [1.54, 1.807) is 97.1 Å². The van der Waals surface area contributed by atoms with E-state index in [9.17, 15) is 158 Å². The third-order valence-electron chi connectivity index (χ3n) is 24.3. The maximum atomic E-state index is 12.2. The molecule has 0 spiro atoms. The van der Waals surface area contributed by atoms with Gasteiger partial charge in [-0.3, -0.25) is 76.7 Å². The highest BCUT2D eigenvalue weighted by molar-refractivity contribution is 6.37. The lowest BCUT2D eigenvalue weighted by atomic mass is 9.83. The van der Waals surface area contributed by atoms with Crippen LogP contribution in [0.1, 0.15) is 255 Å². The Bertz CT molecular complexity index is 6600. The summed E-state index contributed by atoms with van der Waals surface area (Å²) in [6.45, 7) is 0. The van der Waals surface area contributed by atoms with Crippen LogP contribution in [0, 0.1) is 0 Å². The Balaban J connectivity index is 0.000000113. The predicted molar refractivity (Wildman–Crippen MR) is 505 cm³/mol. The van der Waals surface area contributed by atoms with Crippen molar-refractivity contribution in [2.45, 2.75) is 0 Å². The van der Waals surface area contributed by atoms with Crippen molar-refractivity contribution in [1.29, 1.82) is 0 Å². The van der Waals surface area contributed by atoms with Crippen molar-refractivity contribution in [3.8, 4) is 92.0 Å². The summed E-state index contributed by atoms with van der Waals surface area (Å²) in [7, 11) is 0. The van der Waals surface area contributed by atoms with Crippen LogP contribution < -0.4 is 0 Å². The maximum absolute atomic E-state index is 12.2. The highest BCUT2D eigenvalue weighted by Gasteiger charge is 2.43. The molecule has 8 aliphatic carbocycles. The van der Waals surface area contributed by atoms with E-state index in [4.69, 9.17) is 0 Å². The number of aromatic hydroxyl groups is 16. The quantitative estimate of drug-likeness (QED) is 0.0627. The molecule has 0 amide bonds. The molecule has 704 valence electrons. The molecular formula is C112H64O32. The second-order valence-electron chi connectivity index (χ2n) is 32.5. The van der Waals surface area contributed by atoms with Crippen LogP contribution in [0.15, 0.2) is 291 Å². The monoisotopic (exact) mass is 1920 g/mol. The fourth-order valence-corrected chi connectivity index (χ4v) is 17.5. The first-order valence-corrected chi connectivity index (χ1v) is 42.7. The number of hydrogen-bond acceptors (Lipinski definition) is 32. The molecule has 32 heteroatoms. The van der Waals surface area contributed by atoms with Gasteiger partial charge in [-0.2, -0.15) is 0 Å². The molecule has 16 N–H and O–H groups in total. The molecule has 0 bridgehead atoms. The molecule has 32 nitrogen and oxygen atoms in total. The standard InChI is InChI=1S/8C14H8O4/c8*15-9-5-6-10(16)12-11(9)13(17)7-3-1-2-4-8(7)14(12)18/h8*1-6,15-16H. The zero-order valence-electron chi connectivity index (χ0n) is 73.4. The van der Waals surface area contributed by atoms with Crippen molar-refractivity contribution in [2.75, 3.05) is 0 Å². The van der Waals surface area contributed by atoms with E-state index < -0.39 is 92.5 Å². The van der Waals surface area contributed by atoms with Gasteiger partial charge >= 0.3 is 0 Å². The maximum Gasteiger partial charge on any atom is 0.198 e. The Morgan fingerprint density at radius 1 is 0.0833 bits per heavy atom. The lowest BCUT2D eigenvalue weighted by Crippen LogP contribution is -2.20. The molecule has 0 atom stereocenters. The number of benzene rings is 16. The Hall–Kier alpha value is -21.0. The predicted octanol–water partition coefficient (Wildman–Crippen LogP) is 15.0. The minimum absolute atomic E-state index is 0.126. The van der Waals surface area contributed by atoms with Gasteiger partial charge < -0.3 is 81.7 Å². The normalized spacial score (nSPS) is 13.1. The minimum Gasteiger partial charge on any atom is -0.507 e. The highest BCUT2D eigenvalue weighted by atomic mass is 16.3. The number of fused-ring (bicyclic) bond motifs is 16. The second-order valence-corrected chi connectivity index (χ2v) is 32.5. The molecule has 0 aliphatic heterocycles. The fourth-order valence-electron chi connectivity index (χ4n) is 17.5. The summed E-state index contributed by atoms with van der Waals surface area (Å²) in [6, 6.07) is 70.1. The molecule has 8 aliphatic rings. The summed E-state index contributed by atoms with van der Waals surface area (Å²) in [4.78, 5) is 195. The minimum atomic E-state index is -0.450. The first-order valence-electron chi connectivity index (χ1n) is 42.7. The fraction of sp³-hybridized carbons (Fsp3) is 0. The number of carbonyl (C=O) groups is 16. The van der Waals surface area contributed by atoms with Crippen LogP contribution >= 0.6 is 0 Å². The van der Waals surface area contributed by atoms with E-state index in [1.807, 2.05) is 0 Å². The summed E-state index contributed by atoms with van der Waals surface area (Å²) in [5.41, 5.74) is 1.92. The van der Waals surface area contributed by atoms with Gasteiger partial charge in [-0.15, -0.1) is 0 Å². The molecule has 144 heavy (non-hydrogen) atoms. The summed E-state index contributed by atoms with van der Waals surface area (Å²) in [5.74, 6) is -11.9. The molecule has 0 saturated heterocycles. The van der Waals surface area contributed by atoms with Crippen LogP contribution in [0.25, 0.3) is 0 Å². The smallest absolute Gasteiger partial charge is 0.198 e. The summed E-state index contributed by atoms with van der Waals surface area (Å²) in [5, 5.41) is 155. The van der Waals surface area contributed by atoms with E-state index in [2.05, 4.69) is 0 Å². The molecule has 0 aromatic heterocycles. The molecule has 0 unspecified atom stereocenters. The van der Waals surface area contributed by atoms with Gasteiger partial charge in [0, 0.05) is 89.0 Å². The van der Waals surface area contributed by atoms with Crippen LogP contribution in [-0.2, 0) is 0 Å². The Kier molecular flexibility index (Phi) is 24.5. The molecule has 0 radical (unpaired) electrons.